The largest absolute Gasteiger partial charge is 0.496 e. The number of carboxylic acids is 1. The van der Waals surface area contributed by atoms with Gasteiger partial charge in [0.25, 0.3) is 0 Å². The van der Waals surface area contributed by atoms with Crippen molar-refractivity contribution in [1.29, 1.82) is 0 Å². The molecule has 0 aliphatic carbocycles. The smallest absolute Gasteiger partial charge is 0.323 e. The normalized spacial score (nSPS) is 17.5. The summed E-state index contributed by atoms with van der Waals surface area (Å²) < 4.78 is 5.29. The number of hydrogen-bond acceptors (Lipinski definition) is 5. The molecular weight excluding hydrogens is 338 g/mol. The summed E-state index contributed by atoms with van der Waals surface area (Å²) in [5, 5.41) is 9.21. The van der Waals surface area contributed by atoms with Gasteiger partial charge in [-0.25, -0.2) is 0 Å². The van der Waals surface area contributed by atoms with E-state index in [1.54, 1.807) is 12.1 Å². The Morgan fingerprint density at radius 1 is 1.35 bits per heavy atom. The zero-order valence-corrected chi connectivity index (χ0v) is 14.9. The topological polar surface area (TPSA) is 113 Å². The van der Waals surface area contributed by atoms with Crippen LogP contribution in [0.25, 0.3) is 0 Å². The summed E-state index contributed by atoms with van der Waals surface area (Å²) in [6, 6.07) is 7.21. The summed E-state index contributed by atoms with van der Waals surface area (Å²) in [5.41, 5.74) is 5.98. The number of para-hydroxylation sites is 1. The van der Waals surface area contributed by atoms with Crippen molar-refractivity contribution in [2.24, 2.45) is 11.7 Å². The molecule has 1 aromatic rings. The summed E-state index contributed by atoms with van der Waals surface area (Å²) in [4.78, 5) is 38.5. The number of ether oxygens (including phenoxy) is 1. The Morgan fingerprint density at radius 2 is 2.08 bits per heavy atom. The van der Waals surface area contributed by atoms with Crippen LogP contribution >= 0.6 is 0 Å². The van der Waals surface area contributed by atoms with E-state index in [0.717, 1.165) is 12.0 Å². The molecule has 1 aliphatic rings. The van der Waals surface area contributed by atoms with E-state index in [1.165, 1.54) is 12.0 Å². The van der Waals surface area contributed by atoms with E-state index in [1.807, 2.05) is 17.0 Å². The molecule has 1 heterocycles. The number of carbonyl (C=O) groups excluding carboxylic acids is 2. The van der Waals surface area contributed by atoms with Gasteiger partial charge < -0.3 is 20.5 Å². The van der Waals surface area contributed by atoms with Crippen LogP contribution in [0.1, 0.15) is 18.4 Å². The van der Waals surface area contributed by atoms with Gasteiger partial charge in [-0.2, -0.15) is 0 Å². The second kappa shape index (κ2) is 9.19. The number of hydrogen-bond donors (Lipinski definition) is 2. The zero-order chi connectivity index (χ0) is 19.1. The van der Waals surface area contributed by atoms with Gasteiger partial charge in [-0.1, -0.05) is 18.2 Å². The number of benzene rings is 1. The zero-order valence-electron chi connectivity index (χ0n) is 14.9. The molecule has 0 radical (unpaired) electrons. The highest BCUT2D eigenvalue weighted by Crippen LogP contribution is 2.23. The van der Waals surface area contributed by atoms with E-state index in [4.69, 9.17) is 10.5 Å². The predicted molar refractivity (Wildman–Crippen MR) is 94.4 cm³/mol. The number of nitrogens with zero attached hydrogens (tertiary/aromatic N) is 2. The summed E-state index contributed by atoms with van der Waals surface area (Å²) in [6.45, 7) is 0.988. The number of carboxylic acid groups (broad SMARTS) is 1. The van der Waals surface area contributed by atoms with Gasteiger partial charge in [-0.05, 0) is 25.5 Å². The SMILES string of the molecule is COc1ccccc1CN(CC(=O)O)C(=O)C1CCCN(CC(N)=O)C1. The van der Waals surface area contributed by atoms with Crippen molar-refractivity contribution < 1.29 is 24.2 Å². The van der Waals surface area contributed by atoms with E-state index in [-0.39, 0.29) is 31.5 Å². The monoisotopic (exact) mass is 363 g/mol. The van der Waals surface area contributed by atoms with Crippen LogP contribution in [-0.2, 0) is 20.9 Å². The standard InChI is InChI=1S/C18H25N3O5/c1-26-15-7-3-2-5-13(15)10-21(12-17(23)24)18(25)14-6-4-8-20(9-14)11-16(19)22/h2-3,5,7,14H,4,6,8-12H2,1H3,(H2,19,22)(H,23,24). The first-order valence-corrected chi connectivity index (χ1v) is 8.53. The quantitative estimate of drug-likeness (QED) is 0.687. The first-order valence-electron chi connectivity index (χ1n) is 8.53. The van der Waals surface area contributed by atoms with Crippen molar-refractivity contribution in [2.75, 3.05) is 33.3 Å². The van der Waals surface area contributed by atoms with Crippen LogP contribution in [0.15, 0.2) is 24.3 Å². The lowest BCUT2D eigenvalue weighted by Crippen LogP contribution is -2.47. The van der Waals surface area contributed by atoms with Crippen LogP contribution in [0.5, 0.6) is 5.75 Å². The number of methoxy groups -OCH3 is 1. The molecule has 0 saturated carbocycles. The van der Waals surface area contributed by atoms with Gasteiger partial charge >= 0.3 is 5.97 Å². The summed E-state index contributed by atoms with van der Waals surface area (Å²) in [6.07, 6.45) is 1.43. The summed E-state index contributed by atoms with van der Waals surface area (Å²) in [7, 11) is 1.53. The van der Waals surface area contributed by atoms with Crippen LogP contribution in [0.2, 0.25) is 0 Å². The van der Waals surface area contributed by atoms with Crippen LogP contribution in [0.3, 0.4) is 0 Å². The van der Waals surface area contributed by atoms with E-state index < -0.39 is 11.9 Å². The fourth-order valence-electron chi connectivity index (χ4n) is 3.29. The van der Waals surface area contributed by atoms with Crippen LogP contribution < -0.4 is 10.5 Å². The molecule has 1 aliphatic heterocycles. The first-order chi connectivity index (χ1) is 12.4. The molecule has 0 aromatic heterocycles. The lowest BCUT2D eigenvalue weighted by molar-refractivity contribution is -0.147. The highest BCUT2D eigenvalue weighted by molar-refractivity contribution is 5.83. The number of rotatable bonds is 8. The Balaban J connectivity index is 2.13. The summed E-state index contributed by atoms with van der Waals surface area (Å²) in [5.74, 6) is -1.48. The summed E-state index contributed by atoms with van der Waals surface area (Å²) >= 11 is 0. The van der Waals surface area contributed by atoms with Crippen molar-refractivity contribution in [3.8, 4) is 5.75 Å². The van der Waals surface area contributed by atoms with E-state index in [2.05, 4.69) is 0 Å². The third-order valence-corrected chi connectivity index (χ3v) is 4.43. The van der Waals surface area contributed by atoms with Crippen LogP contribution in [0, 0.1) is 5.92 Å². The maximum atomic E-state index is 12.9. The molecule has 142 valence electrons. The number of likely N-dealkylation sites (tertiary alicyclic amines) is 1. The molecular formula is C18H25N3O5. The minimum Gasteiger partial charge on any atom is -0.496 e. The second-order valence-corrected chi connectivity index (χ2v) is 6.44. The molecule has 2 rings (SSSR count). The minimum atomic E-state index is -1.07. The molecule has 3 N–H and O–H groups in total. The fraction of sp³-hybridized carbons (Fsp3) is 0.500. The Morgan fingerprint density at radius 3 is 2.73 bits per heavy atom. The number of piperidine rings is 1. The van der Waals surface area contributed by atoms with Gasteiger partial charge in [0.05, 0.1) is 19.6 Å². The van der Waals surface area contributed by atoms with Gasteiger partial charge in [0.15, 0.2) is 0 Å². The maximum absolute atomic E-state index is 12.9. The predicted octanol–water partition coefficient (Wildman–Crippen LogP) is 0.306. The Bertz CT molecular complexity index is 664. The van der Waals surface area contributed by atoms with E-state index >= 15 is 0 Å². The van der Waals surface area contributed by atoms with Gasteiger partial charge in [0.2, 0.25) is 11.8 Å². The van der Waals surface area contributed by atoms with Gasteiger partial charge in [-0.3, -0.25) is 19.3 Å². The van der Waals surface area contributed by atoms with Crippen LogP contribution in [-0.4, -0.2) is 66.0 Å². The number of amides is 2. The lowest BCUT2D eigenvalue weighted by Gasteiger charge is -2.34. The lowest BCUT2D eigenvalue weighted by atomic mass is 9.96. The Hall–Kier alpha value is -2.61. The third kappa shape index (κ3) is 5.45. The van der Waals surface area contributed by atoms with Crippen molar-refractivity contribution in [1.82, 2.24) is 9.80 Å². The highest BCUT2D eigenvalue weighted by atomic mass is 16.5. The molecule has 1 aromatic carbocycles. The first kappa shape index (κ1) is 19.7. The third-order valence-electron chi connectivity index (χ3n) is 4.43. The number of primary amides is 1. The molecule has 1 unspecified atom stereocenters. The Kier molecular flexibility index (Phi) is 6.97. The fourth-order valence-corrected chi connectivity index (χ4v) is 3.29. The van der Waals surface area contributed by atoms with Gasteiger partial charge in [-0.15, -0.1) is 0 Å². The van der Waals surface area contributed by atoms with Crippen molar-refractivity contribution >= 4 is 17.8 Å². The number of carbonyl (C=O) groups is 3. The molecule has 0 spiro atoms. The molecule has 2 amide bonds. The number of aliphatic carboxylic acids is 1. The average Bonchev–Trinajstić information content (AvgIpc) is 2.60. The Labute approximate surface area is 152 Å². The van der Waals surface area contributed by atoms with Crippen molar-refractivity contribution in [3.05, 3.63) is 29.8 Å². The van der Waals surface area contributed by atoms with Crippen molar-refractivity contribution in [3.63, 3.8) is 0 Å². The van der Waals surface area contributed by atoms with Gasteiger partial charge in [0, 0.05) is 18.7 Å². The number of nitrogens with two attached hydrogens (primary N) is 1. The molecule has 8 heteroatoms. The second-order valence-electron chi connectivity index (χ2n) is 6.44. The average molecular weight is 363 g/mol. The minimum absolute atomic E-state index is 0.106. The molecule has 8 nitrogen and oxygen atoms in total. The van der Waals surface area contributed by atoms with Gasteiger partial charge in [0.1, 0.15) is 12.3 Å². The maximum Gasteiger partial charge on any atom is 0.323 e. The van der Waals surface area contributed by atoms with E-state index in [9.17, 15) is 19.5 Å². The highest BCUT2D eigenvalue weighted by Gasteiger charge is 2.31. The van der Waals surface area contributed by atoms with E-state index in [0.29, 0.717) is 25.3 Å². The molecule has 0 bridgehead atoms. The molecule has 1 saturated heterocycles. The van der Waals surface area contributed by atoms with Crippen molar-refractivity contribution in [2.45, 2.75) is 19.4 Å². The van der Waals surface area contributed by atoms with Crippen LogP contribution in [0.4, 0.5) is 0 Å². The molecule has 1 atom stereocenters. The molecule has 1 fully saturated rings. The molecule has 26 heavy (non-hydrogen) atoms.